The lowest BCUT2D eigenvalue weighted by atomic mass is 10.1. The van der Waals surface area contributed by atoms with Crippen LogP contribution in [0, 0.1) is 0 Å². The topological polar surface area (TPSA) is 58.4 Å². The quantitative estimate of drug-likeness (QED) is 0.843. The Hall–Kier alpha value is -1.76. The van der Waals surface area contributed by atoms with Crippen molar-refractivity contribution in [2.24, 2.45) is 0 Å². The van der Waals surface area contributed by atoms with E-state index in [-0.39, 0.29) is 23.8 Å². The molecule has 1 aliphatic rings. The molecule has 1 aromatic carbocycles. The second-order valence-corrected chi connectivity index (χ2v) is 5.54. The maximum atomic E-state index is 12.8. The van der Waals surface area contributed by atoms with Crippen LogP contribution in [0.15, 0.2) is 18.2 Å². The monoisotopic (exact) mass is 315 g/mol. The van der Waals surface area contributed by atoms with Crippen LogP contribution in [-0.4, -0.2) is 30.4 Å². The standard InChI is InChI=1S/C15H20F3N3O/c16-15(17,18)12-9-11(5-6-13(12)19)20-14(22)10-21-7-3-1-2-4-8-21/h5-6,9H,1-4,7-8,10,19H2,(H,20,22). The molecule has 2 rings (SSSR count). The SMILES string of the molecule is Nc1ccc(NC(=O)CN2CCCCCC2)cc1C(F)(F)F. The fourth-order valence-corrected chi connectivity index (χ4v) is 2.58. The molecule has 0 aromatic heterocycles. The highest BCUT2D eigenvalue weighted by molar-refractivity contribution is 5.92. The summed E-state index contributed by atoms with van der Waals surface area (Å²) in [6.45, 7) is 1.90. The summed E-state index contributed by atoms with van der Waals surface area (Å²) in [5.74, 6) is -0.306. The summed E-state index contributed by atoms with van der Waals surface area (Å²) in [7, 11) is 0. The first-order valence-corrected chi connectivity index (χ1v) is 7.35. The highest BCUT2D eigenvalue weighted by Crippen LogP contribution is 2.35. The third-order valence-corrected chi connectivity index (χ3v) is 3.71. The largest absolute Gasteiger partial charge is 0.418 e. The summed E-state index contributed by atoms with van der Waals surface area (Å²) in [6, 6.07) is 3.41. The Balaban J connectivity index is 1.99. The normalized spacial score (nSPS) is 17.0. The number of nitrogens with zero attached hydrogens (tertiary/aromatic N) is 1. The molecule has 1 heterocycles. The molecule has 1 fully saturated rings. The van der Waals surface area contributed by atoms with Gasteiger partial charge in [-0.1, -0.05) is 12.8 Å². The van der Waals surface area contributed by atoms with Gasteiger partial charge in [-0.05, 0) is 44.1 Å². The van der Waals surface area contributed by atoms with Crippen molar-refractivity contribution in [1.29, 1.82) is 0 Å². The summed E-state index contributed by atoms with van der Waals surface area (Å²) in [5, 5.41) is 2.51. The molecule has 0 bridgehead atoms. The van der Waals surface area contributed by atoms with Gasteiger partial charge in [0.05, 0.1) is 12.1 Å². The lowest BCUT2D eigenvalue weighted by Crippen LogP contribution is -2.34. The number of hydrogen-bond acceptors (Lipinski definition) is 3. The van der Waals surface area contributed by atoms with Crippen LogP contribution in [-0.2, 0) is 11.0 Å². The smallest absolute Gasteiger partial charge is 0.398 e. The van der Waals surface area contributed by atoms with Gasteiger partial charge in [-0.25, -0.2) is 0 Å². The number of nitrogens with one attached hydrogen (secondary N) is 1. The number of carbonyl (C=O) groups is 1. The molecule has 3 N–H and O–H groups in total. The molecule has 1 saturated heterocycles. The number of hydrogen-bond donors (Lipinski definition) is 2. The third-order valence-electron chi connectivity index (χ3n) is 3.71. The minimum absolute atomic E-state index is 0.112. The van der Waals surface area contributed by atoms with Gasteiger partial charge in [0.15, 0.2) is 0 Å². The van der Waals surface area contributed by atoms with Gasteiger partial charge in [0, 0.05) is 11.4 Å². The first-order chi connectivity index (χ1) is 10.4. The van der Waals surface area contributed by atoms with Gasteiger partial charge in [-0.2, -0.15) is 13.2 Å². The lowest BCUT2D eigenvalue weighted by Gasteiger charge is -2.19. The average Bonchev–Trinajstić information content (AvgIpc) is 2.68. The van der Waals surface area contributed by atoms with Crippen LogP contribution in [0.25, 0.3) is 0 Å². The van der Waals surface area contributed by atoms with Crippen molar-refractivity contribution in [1.82, 2.24) is 4.90 Å². The van der Waals surface area contributed by atoms with E-state index in [2.05, 4.69) is 5.32 Å². The molecular weight excluding hydrogens is 295 g/mol. The van der Waals surface area contributed by atoms with E-state index in [0.717, 1.165) is 50.9 Å². The van der Waals surface area contributed by atoms with Crippen LogP contribution in [0.1, 0.15) is 31.2 Å². The Kier molecular flexibility index (Phi) is 5.28. The average molecular weight is 315 g/mol. The summed E-state index contributed by atoms with van der Waals surface area (Å²) in [6.07, 6.45) is -0.119. The number of benzene rings is 1. The van der Waals surface area contributed by atoms with Gasteiger partial charge in [-0.3, -0.25) is 9.69 Å². The van der Waals surface area contributed by atoms with Crippen LogP contribution in [0.5, 0.6) is 0 Å². The van der Waals surface area contributed by atoms with Crippen molar-refractivity contribution >= 4 is 17.3 Å². The molecule has 0 aliphatic carbocycles. The molecular formula is C15H20F3N3O. The predicted octanol–water partition coefficient (Wildman–Crippen LogP) is 3.10. The lowest BCUT2D eigenvalue weighted by molar-refractivity contribution is -0.136. The summed E-state index contributed by atoms with van der Waals surface area (Å²) < 4.78 is 38.3. The van der Waals surface area contributed by atoms with Crippen LogP contribution in [0.2, 0.25) is 0 Å². The zero-order valence-electron chi connectivity index (χ0n) is 12.2. The third kappa shape index (κ3) is 4.62. The number of amides is 1. The summed E-state index contributed by atoms with van der Waals surface area (Å²) >= 11 is 0. The zero-order chi connectivity index (χ0) is 16.2. The van der Waals surface area contributed by atoms with E-state index in [9.17, 15) is 18.0 Å². The maximum absolute atomic E-state index is 12.8. The van der Waals surface area contributed by atoms with Crippen molar-refractivity contribution in [3.05, 3.63) is 23.8 Å². The Morgan fingerprint density at radius 3 is 2.41 bits per heavy atom. The highest BCUT2D eigenvalue weighted by atomic mass is 19.4. The molecule has 0 radical (unpaired) electrons. The van der Waals surface area contributed by atoms with Gasteiger partial charge < -0.3 is 11.1 Å². The van der Waals surface area contributed by atoms with E-state index < -0.39 is 11.7 Å². The first-order valence-electron chi connectivity index (χ1n) is 7.35. The molecule has 1 aliphatic heterocycles. The summed E-state index contributed by atoms with van der Waals surface area (Å²) in [5.41, 5.74) is 4.17. The van der Waals surface area contributed by atoms with Crippen molar-refractivity contribution in [2.45, 2.75) is 31.9 Å². The van der Waals surface area contributed by atoms with Gasteiger partial charge in [0.2, 0.25) is 5.91 Å². The summed E-state index contributed by atoms with van der Waals surface area (Å²) in [4.78, 5) is 14.0. The number of carbonyl (C=O) groups excluding carboxylic acids is 1. The van der Waals surface area contributed by atoms with Crippen LogP contribution in [0.3, 0.4) is 0 Å². The molecule has 0 unspecified atom stereocenters. The Bertz CT molecular complexity index is 523. The Morgan fingerprint density at radius 1 is 1.18 bits per heavy atom. The van der Waals surface area contributed by atoms with Gasteiger partial charge in [0.25, 0.3) is 0 Å². The first kappa shape index (κ1) is 16.6. The van der Waals surface area contributed by atoms with E-state index in [1.54, 1.807) is 0 Å². The van der Waals surface area contributed by atoms with Crippen LogP contribution >= 0.6 is 0 Å². The number of nitrogen functional groups attached to an aromatic ring is 1. The van der Waals surface area contributed by atoms with E-state index in [4.69, 9.17) is 5.73 Å². The fraction of sp³-hybridized carbons (Fsp3) is 0.533. The van der Waals surface area contributed by atoms with Crippen LogP contribution < -0.4 is 11.1 Å². The van der Waals surface area contributed by atoms with E-state index in [1.807, 2.05) is 4.90 Å². The molecule has 1 aromatic rings. The van der Waals surface area contributed by atoms with E-state index in [1.165, 1.54) is 6.07 Å². The second kappa shape index (κ2) is 7.00. The van der Waals surface area contributed by atoms with Crippen LogP contribution in [0.4, 0.5) is 24.5 Å². The molecule has 4 nitrogen and oxygen atoms in total. The van der Waals surface area contributed by atoms with Gasteiger partial charge in [0.1, 0.15) is 0 Å². The number of likely N-dealkylation sites (tertiary alicyclic amines) is 1. The zero-order valence-corrected chi connectivity index (χ0v) is 12.2. The van der Waals surface area contributed by atoms with Gasteiger partial charge in [-0.15, -0.1) is 0 Å². The van der Waals surface area contributed by atoms with E-state index in [0.29, 0.717) is 0 Å². The number of alkyl halides is 3. The molecule has 122 valence electrons. The minimum atomic E-state index is -4.53. The highest BCUT2D eigenvalue weighted by Gasteiger charge is 2.33. The molecule has 0 spiro atoms. The predicted molar refractivity (Wildman–Crippen MR) is 79.4 cm³/mol. The molecule has 0 atom stereocenters. The van der Waals surface area contributed by atoms with Crippen molar-refractivity contribution in [2.75, 3.05) is 30.7 Å². The second-order valence-electron chi connectivity index (χ2n) is 5.54. The Morgan fingerprint density at radius 2 is 1.82 bits per heavy atom. The van der Waals surface area contributed by atoms with Crippen molar-refractivity contribution in [3.8, 4) is 0 Å². The molecule has 1 amide bonds. The fourth-order valence-electron chi connectivity index (χ4n) is 2.58. The number of anilines is 2. The maximum Gasteiger partial charge on any atom is 0.418 e. The minimum Gasteiger partial charge on any atom is -0.398 e. The van der Waals surface area contributed by atoms with Crippen molar-refractivity contribution in [3.63, 3.8) is 0 Å². The number of rotatable bonds is 3. The van der Waals surface area contributed by atoms with Gasteiger partial charge >= 0.3 is 6.18 Å². The Labute approximate surface area is 127 Å². The number of nitrogens with two attached hydrogens (primary N) is 1. The van der Waals surface area contributed by atoms with E-state index >= 15 is 0 Å². The molecule has 7 heteroatoms. The number of halogens is 3. The molecule has 0 saturated carbocycles. The van der Waals surface area contributed by atoms with Crippen molar-refractivity contribution < 1.29 is 18.0 Å². The molecule has 22 heavy (non-hydrogen) atoms.